The van der Waals surface area contributed by atoms with Crippen molar-refractivity contribution in [3.8, 4) is 5.75 Å². The number of hydrazine groups is 1. The molecule has 8 heteroatoms. The molecule has 2 N–H and O–H groups in total. The van der Waals surface area contributed by atoms with Gasteiger partial charge in [-0.05, 0) is 54.8 Å². The lowest BCUT2D eigenvalue weighted by molar-refractivity contribution is -0.131. The predicted octanol–water partition coefficient (Wildman–Crippen LogP) is 4.02. The van der Waals surface area contributed by atoms with E-state index in [-0.39, 0.29) is 18.3 Å². The maximum absolute atomic E-state index is 13.2. The van der Waals surface area contributed by atoms with E-state index in [1.165, 1.54) is 6.07 Å². The molecule has 166 valence electrons. The molecule has 0 bridgehead atoms. The smallest absolute Gasteiger partial charge is 0.305 e. The van der Waals surface area contributed by atoms with Crippen molar-refractivity contribution < 1.29 is 23.5 Å². The van der Waals surface area contributed by atoms with Gasteiger partial charge in [0.15, 0.2) is 5.76 Å². The largest absolute Gasteiger partial charge is 0.486 e. The zero-order valence-corrected chi connectivity index (χ0v) is 18.1. The number of furan rings is 1. The van der Waals surface area contributed by atoms with Gasteiger partial charge in [-0.15, -0.1) is 0 Å². The zero-order valence-electron chi connectivity index (χ0n) is 17.3. The first-order valence-electron chi connectivity index (χ1n) is 10.3. The summed E-state index contributed by atoms with van der Waals surface area (Å²) in [4.78, 5) is 25.7. The second-order valence-corrected chi connectivity index (χ2v) is 7.92. The van der Waals surface area contributed by atoms with Crippen molar-refractivity contribution in [2.24, 2.45) is 0 Å². The van der Waals surface area contributed by atoms with E-state index in [9.17, 15) is 9.59 Å². The number of amides is 2. The standard InChI is InChI=1S/C24H23ClN2O5/c25-18-6-4-5-17(15-18)24(11-13-30-14-12-24)23(29)27-26-22(28)21-10-9-20(32-21)16-31-19-7-2-1-3-8-19/h1-10,15H,11-14,16H2,(H,26,28)(H,27,29). The summed E-state index contributed by atoms with van der Waals surface area (Å²) in [7, 11) is 0. The van der Waals surface area contributed by atoms with E-state index in [1.807, 2.05) is 42.5 Å². The first-order chi connectivity index (χ1) is 15.6. The number of benzene rings is 2. The number of hydrogen-bond acceptors (Lipinski definition) is 5. The highest BCUT2D eigenvalue weighted by Gasteiger charge is 2.42. The van der Waals surface area contributed by atoms with Crippen LogP contribution in [0.2, 0.25) is 5.02 Å². The highest BCUT2D eigenvalue weighted by atomic mass is 35.5. The minimum Gasteiger partial charge on any atom is -0.486 e. The molecular formula is C24H23ClN2O5. The van der Waals surface area contributed by atoms with Gasteiger partial charge in [0.1, 0.15) is 18.1 Å². The SMILES string of the molecule is O=C(NNC(=O)C1(c2cccc(Cl)c2)CCOCC1)c1ccc(COc2ccccc2)o1. The van der Waals surface area contributed by atoms with Crippen molar-refractivity contribution in [2.45, 2.75) is 24.9 Å². The number of hydrogen-bond donors (Lipinski definition) is 2. The van der Waals surface area contributed by atoms with Crippen molar-refractivity contribution in [1.82, 2.24) is 10.9 Å². The molecule has 0 unspecified atom stereocenters. The maximum Gasteiger partial charge on any atom is 0.305 e. The molecule has 0 spiro atoms. The minimum absolute atomic E-state index is 0.0701. The fourth-order valence-corrected chi connectivity index (χ4v) is 3.89. The molecule has 0 radical (unpaired) electrons. The Kier molecular flexibility index (Phi) is 6.78. The lowest BCUT2D eigenvalue weighted by atomic mass is 9.73. The molecule has 1 fully saturated rings. The second kappa shape index (κ2) is 9.89. The van der Waals surface area contributed by atoms with Crippen LogP contribution in [0.5, 0.6) is 5.75 Å². The van der Waals surface area contributed by atoms with Crippen LogP contribution < -0.4 is 15.6 Å². The van der Waals surface area contributed by atoms with E-state index in [1.54, 1.807) is 18.2 Å². The lowest BCUT2D eigenvalue weighted by Crippen LogP contribution is -2.53. The minimum atomic E-state index is -0.839. The number of ether oxygens (including phenoxy) is 2. The molecular weight excluding hydrogens is 432 g/mol. The topological polar surface area (TPSA) is 89.8 Å². The number of carbonyl (C=O) groups is 2. The van der Waals surface area contributed by atoms with Gasteiger partial charge in [0.2, 0.25) is 5.91 Å². The van der Waals surface area contributed by atoms with Gasteiger partial charge in [0, 0.05) is 18.2 Å². The number of rotatable bonds is 6. The number of para-hydroxylation sites is 1. The second-order valence-electron chi connectivity index (χ2n) is 7.48. The predicted molar refractivity (Wildman–Crippen MR) is 118 cm³/mol. The van der Waals surface area contributed by atoms with E-state index >= 15 is 0 Å². The molecule has 2 aromatic carbocycles. The maximum atomic E-state index is 13.2. The average Bonchev–Trinajstić information content (AvgIpc) is 3.31. The molecule has 2 amide bonds. The van der Waals surface area contributed by atoms with Gasteiger partial charge in [-0.2, -0.15) is 0 Å². The monoisotopic (exact) mass is 454 g/mol. The lowest BCUT2D eigenvalue weighted by Gasteiger charge is -2.36. The van der Waals surface area contributed by atoms with Gasteiger partial charge in [-0.3, -0.25) is 20.4 Å². The van der Waals surface area contributed by atoms with Gasteiger partial charge >= 0.3 is 5.91 Å². The van der Waals surface area contributed by atoms with Crippen LogP contribution in [0.3, 0.4) is 0 Å². The van der Waals surface area contributed by atoms with E-state index in [2.05, 4.69) is 10.9 Å². The van der Waals surface area contributed by atoms with Crippen LogP contribution in [-0.4, -0.2) is 25.0 Å². The van der Waals surface area contributed by atoms with Crippen LogP contribution in [-0.2, 0) is 21.6 Å². The summed E-state index contributed by atoms with van der Waals surface area (Å²) in [5.74, 6) is 0.379. The fraction of sp³-hybridized carbons (Fsp3) is 0.250. The number of carbonyl (C=O) groups excluding carboxylic acids is 2. The molecule has 1 saturated heterocycles. The van der Waals surface area contributed by atoms with Crippen molar-refractivity contribution in [2.75, 3.05) is 13.2 Å². The Morgan fingerprint density at radius 3 is 2.50 bits per heavy atom. The molecule has 32 heavy (non-hydrogen) atoms. The van der Waals surface area contributed by atoms with Crippen LogP contribution in [0, 0.1) is 0 Å². The quantitative estimate of drug-likeness (QED) is 0.549. The van der Waals surface area contributed by atoms with Gasteiger partial charge < -0.3 is 13.9 Å². The molecule has 2 heterocycles. The molecule has 0 aliphatic carbocycles. The molecule has 7 nitrogen and oxygen atoms in total. The molecule has 1 aliphatic rings. The first-order valence-corrected chi connectivity index (χ1v) is 10.7. The van der Waals surface area contributed by atoms with Crippen molar-refractivity contribution >= 4 is 23.4 Å². The average molecular weight is 455 g/mol. The van der Waals surface area contributed by atoms with Crippen LogP contribution in [0.25, 0.3) is 0 Å². The van der Waals surface area contributed by atoms with Crippen LogP contribution in [0.4, 0.5) is 0 Å². The van der Waals surface area contributed by atoms with Crippen LogP contribution in [0.15, 0.2) is 71.1 Å². The Balaban J connectivity index is 1.38. The Morgan fingerprint density at radius 1 is 0.969 bits per heavy atom. The summed E-state index contributed by atoms with van der Waals surface area (Å²) >= 11 is 6.15. The van der Waals surface area contributed by atoms with E-state index in [0.717, 1.165) is 5.56 Å². The molecule has 1 aromatic heterocycles. The summed E-state index contributed by atoms with van der Waals surface area (Å²) in [6, 6.07) is 19.7. The normalized spacial score (nSPS) is 15.0. The van der Waals surface area contributed by atoms with Gasteiger partial charge in [-0.1, -0.05) is 41.9 Å². The fourth-order valence-electron chi connectivity index (χ4n) is 3.70. The Bertz CT molecular complexity index is 1080. The summed E-state index contributed by atoms with van der Waals surface area (Å²) in [6.07, 6.45) is 0.966. The molecule has 4 rings (SSSR count). The Hall–Kier alpha value is -3.29. The third-order valence-electron chi connectivity index (χ3n) is 5.46. The molecule has 0 atom stereocenters. The van der Waals surface area contributed by atoms with Crippen molar-refractivity contribution in [3.05, 3.63) is 88.8 Å². The van der Waals surface area contributed by atoms with Gasteiger partial charge in [0.05, 0.1) is 5.41 Å². The van der Waals surface area contributed by atoms with Gasteiger partial charge in [-0.25, -0.2) is 0 Å². The van der Waals surface area contributed by atoms with Crippen molar-refractivity contribution in [1.29, 1.82) is 0 Å². The van der Waals surface area contributed by atoms with E-state index < -0.39 is 11.3 Å². The summed E-state index contributed by atoms with van der Waals surface area (Å²) in [6.45, 7) is 1.06. The highest BCUT2D eigenvalue weighted by Crippen LogP contribution is 2.36. The summed E-state index contributed by atoms with van der Waals surface area (Å²) in [5, 5.41) is 0.547. The van der Waals surface area contributed by atoms with E-state index in [0.29, 0.717) is 42.6 Å². The zero-order chi connectivity index (χ0) is 22.4. The van der Waals surface area contributed by atoms with Gasteiger partial charge in [0.25, 0.3) is 0 Å². The highest BCUT2D eigenvalue weighted by molar-refractivity contribution is 6.30. The first kappa shape index (κ1) is 21.9. The van der Waals surface area contributed by atoms with Crippen LogP contribution >= 0.6 is 11.6 Å². The number of halogens is 1. The third-order valence-corrected chi connectivity index (χ3v) is 5.69. The molecule has 1 aliphatic heterocycles. The third kappa shape index (κ3) is 4.95. The molecule has 0 saturated carbocycles. The van der Waals surface area contributed by atoms with E-state index in [4.69, 9.17) is 25.5 Å². The number of nitrogens with one attached hydrogen (secondary N) is 2. The van der Waals surface area contributed by atoms with Crippen molar-refractivity contribution in [3.63, 3.8) is 0 Å². The summed E-state index contributed by atoms with van der Waals surface area (Å²) in [5.41, 5.74) is 4.94. The summed E-state index contributed by atoms with van der Waals surface area (Å²) < 4.78 is 16.6. The van der Waals surface area contributed by atoms with Crippen LogP contribution in [0.1, 0.15) is 34.7 Å². The molecule has 3 aromatic rings. The Morgan fingerprint density at radius 2 is 1.75 bits per heavy atom. The Labute approximate surface area is 190 Å².